The van der Waals surface area contributed by atoms with Crippen LogP contribution in [0.15, 0.2) is 170 Å². The minimum Gasteiger partial charge on any atom is -0.462 e. The summed E-state index contributed by atoms with van der Waals surface area (Å²) in [5.74, 6) is -0.986. The summed E-state index contributed by atoms with van der Waals surface area (Å²) >= 11 is 0. The lowest BCUT2D eigenvalue weighted by atomic mass is 10.1. The Morgan fingerprint density at radius 2 is 0.494 bits per heavy atom. The van der Waals surface area contributed by atoms with Gasteiger partial charge in [0, 0.05) is 19.3 Å². The molecule has 1 unspecified atom stereocenters. The molecule has 442 valence electrons. The predicted octanol–water partition coefficient (Wildman–Crippen LogP) is 21.9. The van der Waals surface area contributed by atoms with Gasteiger partial charge in [-0.15, -0.1) is 0 Å². The first-order chi connectivity index (χ1) is 39.0. The molecular weight excluding hydrogens is 973 g/mol. The van der Waals surface area contributed by atoms with Crippen molar-refractivity contribution < 1.29 is 28.6 Å². The number of hydrogen-bond acceptors (Lipinski definition) is 6. The first-order valence-electron chi connectivity index (χ1n) is 31.6. The van der Waals surface area contributed by atoms with Crippen LogP contribution in [0.4, 0.5) is 0 Å². The molecule has 0 aromatic rings. The van der Waals surface area contributed by atoms with Gasteiger partial charge in [0.2, 0.25) is 0 Å². The van der Waals surface area contributed by atoms with E-state index in [0.29, 0.717) is 12.8 Å². The van der Waals surface area contributed by atoms with Gasteiger partial charge in [-0.2, -0.15) is 0 Å². The summed E-state index contributed by atoms with van der Waals surface area (Å²) < 4.78 is 16.8. The number of unbranched alkanes of at least 4 members (excludes halogenated alkanes) is 16. The molecule has 0 rings (SSSR count). The van der Waals surface area contributed by atoms with E-state index >= 15 is 0 Å². The van der Waals surface area contributed by atoms with Crippen LogP contribution < -0.4 is 0 Å². The molecule has 0 spiro atoms. The lowest BCUT2D eigenvalue weighted by Gasteiger charge is -2.18. The molecule has 6 heteroatoms. The Balaban J connectivity index is 4.48. The van der Waals surface area contributed by atoms with Crippen LogP contribution in [0.5, 0.6) is 0 Å². The molecule has 0 radical (unpaired) electrons. The number of esters is 3. The van der Waals surface area contributed by atoms with E-state index in [2.05, 4.69) is 191 Å². The fourth-order valence-electron chi connectivity index (χ4n) is 8.05. The molecule has 0 fully saturated rings. The third-order valence-electron chi connectivity index (χ3n) is 12.7. The molecule has 79 heavy (non-hydrogen) atoms. The first kappa shape index (κ1) is 73.8. The second-order valence-corrected chi connectivity index (χ2v) is 20.2. The third kappa shape index (κ3) is 63.5. The van der Waals surface area contributed by atoms with Gasteiger partial charge in [0.25, 0.3) is 0 Å². The molecule has 0 aliphatic rings. The van der Waals surface area contributed by atoms with Crippen LogP contribution in [-0.4, -0.2) is 37.2 Å². The van der Waals surface area contributed by atoms with E-state index in [1.54, 1.807) is 0 Å². The molecular formula is C73H114O6. The van der Waals surface area contributed by atoms with Crippen molar-refractivity contribution >= 4 is 17.9 Å². The molecule has 1 atom stereocenters. The highest BCUT2D eigenvalue weighted by molar-refractivity contribution is 5.71. The van der Waals surface area contributed by atoms with E-state index in [9.17, 15) is 14.4 Å². The number of carbonyl (C=O) groups excluding carboxylic acids is 3. The molecule has 0 saturated heterocycles. The van der Waals surface area contributed by atoms with Gasteiger partial charge in [-0.05, 0) is 135 Å². The number of allylic oxidation sites excluding steroid dienone is 28. The average Bonchev–Trinajstić information content (AvgIpc) is 3.45. The van der Waals surface area contributed by atoms with Crippen LogP contribution in [0.2, 0.25) is 0 Å². The van der Waals surface area contributed by atoms with E-state index in [4.69, 9.17) is 14.2 Å². The van der Waals surface area contributed by atoms with Gasteiger partial charge in [0.05, 0.1) is 0 Å². The van der Waals surface area contributed by atoms with Crippen molar-refractivity contribution in [2.24, 2.45) is 0 Å². The Hall–Kier alpha value is -5.23. The Morgan fingerprint density at radius 3 is 0.797 bits per heavy atom. The maximum atomic E-state index is 12.9. The van der Waals surface area contributed by atoms with Crippen molar-refractivity contribution in [3.05, 3.63) is 170 Å². The van der Waals surface area contributed by atoms with Gasteiger partial charge in [-0.1, -0.05) is 268 Å². The summed E-state index contributed by atoms with van der Waals surface area (Å²) in [6, 6.07) is 0. The van der Waals surface area contributed by atoms with Crippen molar-refractivity contribution in [1.82, 2.24) is 0 Å². The van der Waals surface area contributed by atoms with E-state index in [-0.39, 0.29) is 44.0 Å². The van der Waals surface area contributed by atoms with E-state index in [1.807, 2.05) is 0 Å². The van der Waals surface area contributed by atoms with Gasteiger partial charge in [-0.25, -0.2) is 0 Å². The normalized spacial score (nSPS) is 13.3. The Morgan fingerprint density at radius 1 is 0.266 bits per heavy atom. The minimum atomic E-state index is -0.818. The maximum absolute atomic E-state index is 12.9. The van der Waals surface area contributed by atoms with Gasteiger partial charge in [0.1, 0.15) is 13.2 Å². The van der Waals surface area contributed by atoms with E-state index in [0.717, 1.165) is 154 Å². The molecule has 0 amide bonds. The summed E-state index contributed by atoms with van der Waals surface area (Å²) in [7, 11) is 0. The minimum absolute atomic E-state index is 0.109. The highest BCUT2D eigenvalue weighted by Gasteiger charge is 2.19. The van der Waals surface area contributed by atoms with E-state index < -0.39 is 6.10 Å². The topological polar surface area (TPSA) is 78.9 Å². The van der Waals surface area contributed by atoms with Crippen LogP contribution in [0.3, 0.4) is 0 Å². The highest BCUT2D eigenvalue weighted by atomic mass is 16.6. The van der Waals surface area contributed by atoms with E-state index in [1.165, 1.54) is 51.4 Å². The number of ether oxygens (including phenoxy) is 3. The Bertz CT molecular complexity index is 1820. The van der Waals surface area contributed by atoms with Gasteiger partial charge in [-0.3, -0.25) is 14.4 Å². The maximum Gasteiger partial charge on any atom is 0.306 e. The van der Waals surface area contributed by atoms with Crippen LogP contribution in [-0.2, 0) is 28.6 Å². The fourth-order valence-corrected chi connectivity index (χ4v) is 8.05. The lowest BCUT2D eigenvalue weighted by molar-refractivity contribution is -0.167. The molecule has 0 saturated carbocycles. The third-order valence-corrected chi connectivity index (χ3v) is 12.7. The molecule has 0 aliphatic carbocycles. The Labute approximate surface area is 485 Å². The molecule has 0 aromatic heterocycles. The van der Waals surface area contributed by atoms with Crippen molar-refractivity contribution in [2.45, 2.75) is 258 Å². The summed E-state index contributed by atoms with van der Waals surface area (Å²) in [5, 5.41) is 0. The average molecular weight is 1090 g/mol. The van der Waals surface area contributed by atoms with Crippen LogP contribution in [0, 0.1) is 0 Å². The summed E-state index contributed by atoms with van der Waals surface area (Å²) in [6.45, 7) is 6.34. The second kappa shape index (κ2) is 65.3. The Kier molecular flexibility index (Phi) is 61.0. The summed E-state index contributed by atoms with van der Waals surface area (Å²) in [4.78, 5) is 38.2. The zero-order chi connectivity index (χ0) is 57.1. The van der Waals surface area contributed by atoms with Crippen LogP contribution in [0.25, 0.3) is 0 Å². The summed E-state index contributed by atoms with van der Waals surface area (Å²) in [5.41, 5.74) is 0. The molecule has 6 nitrogen and oxygen atoms in total. The standard InChI is InChI=1S/C73H114O6/c1-4-7-10-13-16-19-22-24-26-28-30-32-34-35-36-37-39-40-42-44-46-48-51-54-57-60-63-66-72(75)78-69-70(68-77-71(74)65-62-59-56-53-50-21-18-15-12-9-6-3)79-73(76)67-64-61-58-55-52-49-47-45-43-41-38-33-31-29-27-25-23-20-17-14-11-8-5-2/h7-8,10-11,16-17,19-20,24-27,30-33,35-36,39-41,43-44,46-47,49,51,54,70H,4-6,9,12-15,18,21-23,28-29,34,37-38,42,45,48,50,52-53,55-69H2,1-3H3/b10-7-,11-8-,19-16-,20-17-,26-24-,27-25-,32-30-,33-31-,36-35-,40-39-,43-41-,46-44-,49-47-,54-51-. The molecule has 0 heterocycles. The van der Waals surface area contributed by atoms with Crippen LogP contribution in [0.1, 0.15) is 252 Å². The van der Waals surface area contributed by atoms with Crippen molar-refractivity contribution in [3.8, 4) is 0 Å². The van der Waals surface area contributed by atoms with Crippen LogP contribution >= 0.6 is 0 Å². The molecule has 0 aliphatic heterocycles. The monoisotopic (exact) mass is 1090 g/mol. The van der Waals surface area contributed by atoms with Crippen molar-refractivity contribution in [1.29, 1.82) is 0 Å². The highest BCUT2D eigenvalue weighted by Crippen LogP contribution is 2.14. The zero-order valence-electron chi connectivity index (χ0n) is 50.6. The molecule has 0 aromatic carbocycles. The first-order valence-corrected chi connectivity index (χ1v) is 31.6. The lowest BCUT2D eigenvalue weighted by Crippen LogP contribution is -2.30. The number of carbonyl (C=O) groups is 3. The van der Waals surface area contributed by atoms with Crippen molar-refractivity contribution in [2.75, 3.05) is 13.2 Å². The zero-order valence-corrected chi connectivity index (χ0v) is 50.6. The predicted molar refractivity (Wildman–Crippen MR) is 343 cm³/mol. The number of hydrogen-bond donors (Lipinski definition) is 0. The quantitative estimate of drug-likeness (QED) is 0.0261. The second-order valence-electron chi connectivity index (χ2n) is 20.2. The molecule has 0 bridgehead atoms. The van der Waals surface area contributed by atoms with Gasteiger partial charge >= 0.3 is 17.9 Å². The van der Waals surface area contributed by atoms with Gasteiger partial charge < -0.3 is 14.2 Å². The largest absolute Gasteiger partial charge is 0.462 e. The van der Waals surface area contributed by atoms with Crippen molar-refractivity contribution in [3.63, 3.8) is 0 Å². The smallest absolute Gasteiger partial charge is 0.306 e. The summed E-state index contributed by atoms with van der Waals surface area (Å²) in [6.07, 6.45) is 96.4. The fraction of sp³-hybridized carbons (Fsp3) is 0.575. The van der Waals surface area contributed by atoms with Gasteiger partial charge in [0.15, 0.2) is 6.10 Å². The molecule has 0 N–H and O–H groups in total. The number of rotatable bonds is 55. The SMILES string of the molecule is CC/C=C\C/C=C\C/C=C\C/C=C\C/C=C\C/C=C\C/C=C\C/C=C\CCCCC(=O)OCC(COC(=O)CCCCCCCCCCCCC)OC(=O)CCCCCC/C=C\C/C=C\C/C=C\C/C=C\C/C=C\C/C=C\CC.